The first-order valence-corrected chi connectivity index (χ1v) is 11.2. The normalized spacial score (nSPS) is 12.7. The van der Waals surface area contributed by atoms with Crippen LogP contribution in [0.2, 0.25) is 5.02 Å². The van der Waals surface area contributed by atoms with Crippen molar-refractivity contribution in [1.82, 2.24) is 10.2 Å². The molecule has 0 heterocycles. The minimum absolute atomic E-state index is 0.0324. The molecule has 0 aliphatic carbocycles. The van der Waals surface area contributed by atoms with E-state index >= 15 is 0 Å². The predicted octanol–water partition coefficient (Wildman–Crippen LogP) is 5.06. The third-order valence-corrected chi connectivity index (χ3v) is 5.96. The highest BCUT2D eigenvalue weighted by Crippen LogP contribution is 2.22. The Bertz CT molecular complexity index is 900. The number of carbonyl (C=O) groups excluding carboxylic acids is 2. The van der Waals surface area contributed by atoms with Crippen LogP contribution < -0.4 is 10.1 Å². The summed E-state index contributed by atoms with van der Waals surface area (Å²) >= 11 is 6.35. The molecular weight excluding hydrogens is 412 g/mol. The average Bonchev–Trinajstić information content (AvgIpc) is 2.75. The van der Waals surface area contributed by atoms with E-state index in [1.807, 2.05) is 71.0 Å². The first-order chi connectivity index (χ1) is 14.8. The molecule has 1 N–H and O–H groups in total. The molecule has 6 heteroatoms. The van der Waals surface area contributed by atoms with E-state index in [9.17, 15) is 9.59 Å². The van der Waals surface area contributed by atoms with Crippen molar-refractivity contribution < 1.29 is 14.3 Å². The van der Waals surface area contributed by atoms with Crippen molar-refractivity contribution in [2.75, 3.05) is 6.61 Å². The molecule has 5 nitrogen and oxygen atoms in total. The van der Waals surface area contributed by atoms with Gasteiger partial charge in [-0.2, -0.15) is 0 Å². The van der Waals surface area contributed by atoms with Gasteiger partial charge in [0.25, 0.3) is 5.91 Å². The monoisotopic (exact) mass is 444 g/mol. The number of nitrogens with zero attached hydrogens (tertiary/aromatic N) is 1. The summed E-state index contributed by atoms with van der Waals surface area (Å²) in [6.45, 7) is 9.92. The zero-order valence-electron chi connectivity index (χ0n) is 19.1. The molecule has 2 atom stereocenters. The minimum Gasteiger partial charge on any atom is -0.483 e. The SMILES string of the molecule is CC[C@@H](C)NC(=O)[C@@H](CC)N(Cc1ccccc1Cl)C(=O)COc1cccc(C)c1C. The van der Waals surface area contributed by atoms with E-state index < -0.39 is 6.04 Å². The van der Waals surface area contributed by atoms with Crippen LogP contribution in [-0.2, 0) is 16.1 Å². The van der Waals surface area contributed by atoms with E-state index in [4.69, 9.17) is 16.3 Å². The van der Waals surface area contributed by atoms with Crippen molar-refractivity contribution >= 4 is 23.4 Å². The highest BCUT2D eigenvalue weighted by Gasteiger charge is 2.30. The van der Waals surface area contributed by atoms with Crippen molar-refractivity contribution in [2.24, 2.45) is 0 Å². The number of amides is 2. The van der Waals surface area contributed by atoms with Crippen molar-refractivity contribution in [3.8, 4) is 5.75 Å². The van der Waals surface area contributed by atoms with Gasteiger partial charge in [0, 0.05) is 17.6 Å². The lowest BCUT2D eigenvalue weighted by Crippen LogP contribution is -2.51. The molecule has 168 valence electrons. The maximum Gasteiger partial charge on any atom is 0.261 e. The molecule has 2 amide bonds. The van der Waals surface area contributed by atoms with E-state index in [2.05, 4.69) is 5.32 Å². The molecule has 2 aromatic rings. The van der Waals surface area contributed by atoms with Crippen LogP contribution in [0, 0.1) is 13.8 Å². The quantitative estimate of drug-likeness (QED) is 0.557. The average molecular weight is 445 g/mol. The maximum atomic E-state index is 13.3. The van der Waals surface area contributed by atoms with Crippen LogP contribution >= 0.6 is 11.6 Å². The molecule has 0 fully saturated rings. The Morgan fingerprint density at radius 2 is 1.77 bits per heavy atom. The third-order valence-electron chi connectivity index (χ3n) is 5.59. The van der Waals surface area contributed by atoms with Gasteiger partial charge in [0.05, 0.1) is 0 Å². The van der Waals surface area contributed by atoms with E-state index in [0.717, 1.165) is 23.1 Å². The van der Waals surface area contributed by atoms with Crippen molar-refractivity contribution in [3.63, 3.8) is 0 Å². The van der Waals surface area contributed by atoms with Crippen LogP contribution in [0.15, 0.2) is 42.5 Å². The van der Waals surface area contributed by atoms with Crippen molar-refractivity contribution in [1.29, 1.82) is 0 Å². The second kappa shape index (κ2) is 11.8. The number of hydrogen-bond acceptors (Lipinski definition) is 3. The number of halogens is 1. The lowest BCUT2D eigenvalue weighted by molar-refractivity contribution is -0.143. The van der Waals surface area contributed by atoms with Crippen LogP contribution in [0.4, 0.5) is 0 Å². The molecular formula is C25H33ClN2O3. The minimum atomic E-state index is -0.611. The summed E-state index contributed by atoms with van der Waals surface area (Å²) in [5, 5.41) is 3.56. The molecule has 0 saturated carbocycles. The largest absolute Gasteiger partial charge is 0.483 e. The highest BCUT2D eigenvalue weighted by molar-refractivity contribution is 6.31. The molecule has 2 rings (SSSR count). The van der Waals surface area contributed by atoms with Gasteiger partial charge in [-0.1, -0.05) is 55.8 Å². The van der Waals surface area contributed by atoms with Gasteiger partial charge in [0.2, 0.25) is 5.91 Å². The van der Waals surface area contributed by atoms with Gasteiger partial charge in [0.1, 0.15) is 11.8 Å². The fourth-order valence-corrected chi connectivity index (χ4v) is 3.47. The molecule has 0 saturated heterocycles. The van der Waals surface area contributed by atoms with Crippen LogP contribution in [0.3, 0.4) is 0 Å². The smallest absolute Gasteiger partial charge is 0.261 e. The van der Waals surface area contributed by atoms with Crippen molar-refractivity contribution in [3.05, 3.63) is 64.2 Å². The number of ether oxygens (including phenoxy) is 1. The Balaban J connectivity index is 2.26. The number of rotatable bonds is 10. The fraction of sp³-hybridized carbons (Fsp3) is 0.440. The molecule has 2 aromatic carbocycles. The zero-order chi connectivity index (χ0) is 23.0. The summed E-state index contributed by atoms with van der Waals surface area (Å²) in [5.74, 6) is 0.249. The molecule has 0 aliphatic heterocycles. The van der Waals surface area contributed by atoms with E-state index in [1.165, 1.54) is 0 Å². The summed E-state index contributed by atoms with van der Waals surface area (Å²) in [4.78, 5) is 27.8. The van der Waals surface area contributed by atoms with Gasteiger partial charge >= 0.3 is 0 Å². The molecule has 0 aromatic heterocycles. The Morgan fingerprint density at radius 3 is 2.42 bits per heavy atom. The Labute approximate surface area is 190 Å². The van der Waals surface area contributed by atoms with Crippen LogP contribution in [-0.4, -0.2) is 35.4 Å². The molecule has 0 bridgehead atoms. The summed E-state index contributed by atoms with van der Waals surface area (Å²) in [6, 6.07) is 12.5. The van der Waals surface area contributed by atoms with Crippen LogP contribution in [0.1, 0.15) is 50.3 Å². The zero-order valence-corrected chi connectivity index (χ0v) is 19.8. The third kappa shape index (κ3) is 6.73. The topological polar surface area (TPSA) is 58.6 Å². The molecule has 0 radical (unpaired) electrons. The Kier molecular flexibility index (Phi) is 9.38. The second-order valence-corrected chi connectivity index (χ2v) is 8.25. The van der Waals surface area contributed by atoms with Crippen molar-refractivity contribution in [2.45, 2.75) is 66.1 Å². The molecule has 0 aliphatic rings. The number of nitrogens with one attached hydrogen (secondary N) is 1. The summed E-state index contributed by atoms with van der Waals surface area (Å²) in [7, 11) is 0. The van der Waals surface area contributed by atoms with E-state index in [-0.39, 0.29) is 31.0 Å². The van der Waals surface area contributed by atoms with Gasteiger partial charge < -0.3 is 15.0 Å². The van der Waals surface area contributed by atoms with Gasteiger partial charge in [-0.05, 0) is 62.4 Å². The molecule has 31 heavy (non-hydrogen) atoms. The molecule has 0 unspecified atom stereocenters. The van der Waals surface area contributed by atoms with E-state index in [0.29, 0.717) is 17.2 Å². The summed E-state index contributed by atoms with van der Waals surface area (Å²) in [6.07, 6.45) is 1.30. The fourth-order valence-electron chi connectivity index (χ4n) is 3.27. The van der Waals surface area contributed by atoms with Crippen LogP contribution in [0.25, 0.3) is 0 Å². The van der Waals surface area contributed by atoms with E-state index in [1.54, 1.807) is 11.0 Å². The highest BCUT2D eigenvalue weighted by atomic mass is 35.5. The van der Waals surface area contributed by atoms with Gasteiger partial charge in [0.15, 0.2) is 6.61 Å². The lowest BCUT2D eigenvalue weighted by Gasteiger charge is -2.31. The maximum absolute atomic E-state index is 13.3. The number of benzene rings is 2. The van der Waals surface area contributed by atoms with Crippen LogP contribution in [0.5, 0.6) is 5.75 Å². The number of aryl methyl sites for hydroxylation is 1. The number of carbonyl (C=O) groups is 2. The summed E-state index contributed by atoms with van der Waals surface area (Å²) in [5.41, 5.74) is 2.88. The lowest BCUT2D eigenvalue weighted by atomic mass is 10.1. The summed E-state index contributed by atoms with van der Waals surface area (Å²) < 4.78 is 5.85. The van der Waals surface area contributed by atoms with Gasteiger partial charge in [-0.25, -0.2) is 0 Å². The van der Waals surface area contributed by atoms with Gasteiger partial charge in [-0.15, -0.1) is 0 Å². The Morgan fingerprint density at radius 1 is 1.06 bits per heavy atom. The number of hydrogen-bond donors (Lipinski definition) is 1. The Hall–Kier alpha value is -2.53. The second-order valence-electron chi connectivity index (χ2n) is 7.84. The van der Waals surface area contributed by atoms with Gasteiger partial charge in [-0.3, -0.25) is 9.59 Å². The molecule has 0 spiro atoms. The standard InChI is InChI=1S/C25H33ClN2O3/c1-6-18(4)27-25(30)22(7-2)28(15-20-12-8-9-13-21(20)26)24(29)16-31-23-14-10-11-17(3)19(23)5/h8-14,18,22H,6-7,15-16H2,1-5H3,(H,27,30)/t18-,22-/m1/s1. The first-order valence-electron chi connectivity index (χ1n) is 10.8. The predicted molar refractivity (Wildman–Crippen MR) is 125 cm³/mol. The first kappa shape index (κ1) is 24.7.